The highest BCUT2D eigenvalue weighted by Crippen LogP contribution is 2.32. The average Bonchev–Trinajstić information content (AvgIpc) is 2.86. The summed E-state index contributed by atoms with van der Waals surface area (Å²) >= 11 is 0. The lowest BCUT2D eigenvalue weighted by Gasteiger charge is -2.19. The quantitative estimate of drug-likeness (QED) is 0.871. The Kier molecular flexibility index (Phi) is 3.40. The molecule has 0 aliphatic carbocycles. The van der Waals surface area contributed by atoms with E-state index in [4.69, 9.17) is 9.63 Å². The third kappa shape index (κ3) is 2.79. The SMILES string of the molecule is Cc1cc(CS(=O)(=O)N2CCC(C)(C(=O)O)C2)on1. The molecule has 1 saturated heterocycles. The summed E-state index contributed by atoms with van der Waals surface area (Å²) in [7, 11) is -3.57. The molecule has 7 nitrogen and oxygen atoms in total. The van der Waals surface area contributed by atoms with Gasteiger partial charge in [0.25, 0.3) is 0 Å². The van der Waals surface area contributed by atoms with Gasteiger partial charge in [0.15, 0.2) is 5.76 Å². The van der Waals surface area contributed by atoms with Crippen LogP contribution in [0.4, 0.5) is 0 Å². The summed E-state index contributed by atoms with van der Waals surface area (Å²) in [5.74, 6) is -0.995. The Balaban J connectivity index is 2.12. The van der Waals surface area contributed by atoms with Crippen molar-refractivity contribution in [2.24, 2.45) is 5.41 Å². The van der Waals surface area contributed by atoms with Crippen LogP contribution < -0.4 is 0 Å². The Morgan fingerprint density at radius 3 is 2.79 bits per heavy atom. The molecule has 1 aromatic heterocycles. The maximum absolute atomic E-state index is 12.2. The fourth-order valence-corrected chi connectivity index (χ4v) is 3.62. The number of nitrogens with zero attached hydrogens (tertiary/aromatic N) is 2. The van der Waals surface area contributed by atoms with Gasteiger partial charge < -0.3 is 9.63 Å². The van der Waals surface area contributed by atoms with E-state index in [1.165, 1.54) is 4.31 Å². The zero-order valence-electron chi connectivity index (χ0n) is 10.8. The van der Waals surface area contributed by atoms with Gasteiger partial charge >= 0.3 is 5.97 Å². The molecule has 1 fully saturated rings. The van der Waals surface area contributed by atoms with Crippen LogP contribution in [0, 0.1) is 12.3 Å². The Morgan fingerprint density at radius 1 is 1.63 bits per heavy atom. The number of carboxylic acids is 1. The lowest BCUT2D eigenvalue weighted by molar-refractivity contribution is -0.146. The van der Waals surface area contributed by atoms with Crippen LogP contribution in [0.5, 0.6) is 0 Å². The first kappa shape index (κ1) is 14.0. The van der Waals surface area contributed by atoms with E-state index >= 15 is 0 Å². The zero-order chi connectivity index (χ0) is 14.3. The molecule has 0 saturated carbocycles. The normalized spacial score (nSPS) is 24.7. The Hall–Kier alpha value is -1.41. The van der Waals surface area contributed by atoms with Crippen LogP contribution in [0.25, 0.3) is 0 Å². The third-order valence-electron chi connectivity index (χ3n) is 3.35. The van der Waals surface area contributed by atoms with E-state index in [9.17, 15) is 13.2 Å². The lowest BCUT2D eigenvalue weighted by Crippen LogP contribution is -2.35. The predicted octanol–water partition coefficient (Wildman–Crippen LogP) is 0.609. The summed E-state index contributed by atoms with van der Waals surface area (Å²) in [6.07, 6.45) is 0.316. The number of aliphatic carboxylic acids is 1. The molecule has 0 aromatic carbocycles. The highest BCUT2D eigenvalue weighted by atomic mass is 32.2. The van der Waals surface area contributed by atoms with E-state index in [0.717, 1.165) is 0 Å². The van der Waals surface area contributed by atoms with E-state index in [1.807, 2.05) is 0 Å². The Morgan fingerprint density at radius 2 is 2.32 bits per heavy atom. The van der Waals surface area contributed by atoms with Crippen LogP contribution in [0.15, 0.2) is 10.6 Å². The van der Waals surface area contributed by atoms with E-state index in [0.29, 0.717) is 12.1 Å². The summed E-state index contributed by atoms with van der Waals surface area (Å²) in [6.45, 7) is 3.48. The minimum atomic E-state index is -3.57. The second-order valence-electron chi connectivity index (χ2n) is 5.14. The van der Waals surface area contributed by atoms with E-state index in [1.54, 1.807) is 19.9 Å². The number of sulfonamides is 1. The Labute approximate surface area is 111 Å². The van der Waals surface area contributed by atoms with E-state index in [-0.39, 0.29) is 24.6 Å². The first-order valence-corrected chi connectivity index (χ1v) is 7.47. The number of hydrogen-bond donors (Lipinski definition) is 1. The summed E-state index contributed by atoms with van der Waals surface area (Å²) in [6, 6.07) is 1.56. The van der Waals surface area contributed by atoms with Crippen molar-refractivity contribution in [3.05, 3.63) is 17.5 Å². The van der Waals surface area contributed by atoms with Gasteiger partial charge in [0, 0.05) is 19.2 Å². The molecule has 1 aromatic rings. The highest BCUT2D eigenvalue weighted by molar-refractivity contribution is 7.88. The monoisotopic (exact) mass is 288 g/mol. The first-order chi connectivity index (χ1) is 8.73. The number of aryl methyl sites for hydroxylation is 1. The molecule has 0 bridgehead atoms. The minimum Gasteiger partial charge on any atom is -0.481 e. The summed E-state index contributed by atoms with van der Waals surface area (Å²) in [5.41, 5.74) is -0.397. The van der Waals surface area contributed by atoms with Gasteiger partial charge in [0.2, 0.25) is 10.0 Å². The lowest BCUT2D eigenvalue weighted by atomic mass is 9.90. The molecule has 2 rings (SSSR count). The van der Waals surface area contributed by atoms with Gasteiger partial charge in [-0.25, -0.2) is 12.7 Å². The van der Waals surface area contributed by atoms with Gasteiger partial charge in [0.1, 0.15) is 5.75 Å². The number of rotatable bonds is 4. The van der Waals surface area contributed by atoms with Crippen LogP contribution in [0.3, 0.4) is 0 Å². The van der Waals surface area contributed by atoms with Gasteiger partial charge in [-0.3, -0.25) is 4.79 Å². The van der Waals surface area contributed by atoms with Crippen LogP contribution >= 0.6 is 0 Å². The van der Waals surface area contributed by atoms with Crippen LogP contribution in [-0.4, -0.2) is 42.0 Å². The molecule has 0 radical (unpaired) electrons. The van der Waals surface area contributed by atoms with Gasteiger partial charge in [-0.05, 0) is 20.3 Å². The molecule has 1 atom stereocenters. The summed E-state index contributed by atoms with van der Waals surface area (Å²) in [4.78, 5) is 11.1. The van der Waals surface area contributed by atoms with Crippen LogP contribution in [0.2, 0.25) is 0 Å². The molecule has 1 unspecified atom stereocenters. The van der Waals surface area contributed by atoms with Crippen molar-refractivity contribution in [1.82, 2.24) is 9.46 Å². The van der Waals surface area contributed by atoms with E-state index < -0.39 is 21.4 Å². The van der Waals surface area contributed by atoms with Gasteiger partial charge in [-0.15, -0.1) is 0 Å². The molecule has 2 heterocycles. The molecule has 19 heavy (non-hydrogen) atoms. The topological polar surface area (TPSA) is 101 Å². The highest BCUT2D eigenvalue weighted by Gasteiger charge is 2.44. The number of carbonyl (C=O) groups is 1. The Bertz CT molecular complexity index is 594. The molecule has 8 heteroatoms. The second kappa shape index (κ2) is 4.61. The maximum atomic E-state index is 12.2. The largest absolute Gasteiger partial charge is 0.481 e. The summed E-state index contributed by atoms with van der Waals surface area (Å²) in [5, 5.41) is 12.7. The predicted molar refractivity (Wildman–Crippen MR) is 65.8 cm³/mol. The molecule has 1 aliphatic rings. The van der Waals surface area contributed by atoms with Crippen molar-refractivity contribution in [3.8, 4) is 0 Å². The van der Waals surface area contributed by atoms with Crippen molar-refractivity contribution in [2.45, 2.75) is 26.0 Å². The van der Waals surface area contributed by atoms with E-state index in [2.05, 4.69) is 5.16 Å². The van der Waals surface area contributed by atoms with Crippen LogP contribution in [-0.2, 0) is 20.6 Å². The number of carboxylic acid groups (broad SMARTS) is 1. The average molecular weight is 288 g/mol. The molecule has 0 spiro atoms. The fourth-order valence-electron chi connectivity index (χ4n) is 2.09. The van der Waals surface area contributed by atoms with Gasteiger partial charge in [0.05, 0.1) is 11.1 Å². The van der Waals surface area contributed by atoms with Crippen molar-refractivity contribution in [3.63, 3.8) is 0 Å². The van der Waals surface area contributed by atoms with Crippen LogP contribution in [0.1, 0.15) is 24.8 Å². The number of aromatic nitrogens is 1. The molecule has 0 amide bonds. The molecular formula is C11H16N2O5S. The molecule has 1 aliphatic heterocycles. The fraction of sp³-hybridized carbons (Fsp3) is 0.636. The van der Waals surface area contributed by atoms with Gasteiger partial charge in [-0.1, -0.05) is 5.16 Å². The second-order valence-corrected chi connectivity index (χ2v) is 7.11. The molecular weight excluding hydrogens is 272 g/mol. The van der Waals surface area contributed by atoms with Crippen molar-refractivity contribution >= 4 is 16.0 Å². The smallest absolute Gasteiger partial charge is 0.310 e. The van der Waals surface area contributed by atoms with Crippen molar-refractivity contribution in [1.29, 1.82) is 0 Å². The zero-order valence-corrected chi connectivity index (χ0v) is 11.6. The third-order valence-corrected chi connectivity index (χ3v) is 5.10. The standard InChI is InChI=1S/C11H16N2O5S/c1-8-5-9(18-12-8)6-19(16,17)13-4-3-11(2,7-13)10(14)15/h5H,3-4,6-7H2,1-2H3,(H,14,15). The number of hydrogen-bond acceptors (Lipinski definition) is 5. The van der Waals surface area contributed by atoms with Crippen molar-refractivity contribution < 1.29 is 22.8 Å². The van der Waals surface area contributed by atoms with Gasteiger partial charge in [-0.2, -0.15) is 0 Å². The first-order valence-electron chi connectivity index (χ1n) is 5.86. The summed E-state index contributed by atoms with van der Waals surface area (Å²) < 4.78 is 30.4. The van der Waals surface area contributed by atoms with Crippen molar-refractivity contribution in [2.75, 3.05) is 13.1 Å². The maximum Gasteiger partial charge on any atom is 0.310 e. The molecule has 106 valence electrons. The molecule has 1 N–H and O–H groups in total. The minimum absolute atomic E-state index is 0.00220.